The number of nitrogens with two attached hydrogens (primary N) is 1. The van der Waals surface area contributed by atoms with Crippen LogP contribution in [0, 0.1) is 5.41 Å². The molecule has 1 amide bonds. The van der Waals surface area contributed by atoms with Crippen molar-refractivity contribution in [1.82, 2.24) is 9.80 Å². The maximum atomic E-state index is 12.6. The van der Waals surface area contributed by atoms with Crippen LogP contribution in [-0.2, 0) is 4.79 Å². The molecule has 4 heteroatoms. The van der Waals surface area contributed by atoms with Crippen molar-refractivity contribution in [2.24, 2.45) is 11.1 Å². The quantitative estimate of drug-likeness (QED) is 0.770. The van der Waals surface area contributed by atoms with Crippen molar-refractivity contribution in [3.63, 3.8) is 0 Å². The minimum absolute atomic E-state index is 0.219. The first-order valence-corrected chi connectivity index (χ1v) is 6.86. The van der Waals surface area contributed by atoms with Crippen molar-refractivity contribution in [3.8, 4) is 0 Å². The standard InChI is InChI=1S/C13H25N3O/c1-15-7-4-8-16(10-9-15)12(17)13(11-14)5-2-3-6-13/h2-11,14H2,1H3. The molecule has 0 radical (unpaired) electrons. The number of carbonyl (C=O) groups is 1. The van der Waals surface area contributed by atoms with Crippen LogP contribution in [0.1, 0.15) is 32.1 Å². The maximum Gasteiger partial charge on any atom is 0.230 e. The summed E-state index contributed by atoms with van der Waals surface area (Å²) in [6, 6.07) is 0. The molecule has 2 aliphatic rings. The minimum atomic E-state index is -0.219. The predicted octanol–water partition coefficient (Wildman–Crippen LogP) is 0.670. The van der Waals surface area contributed by atoms with Gasteiger partial charge in [-0.1, -0.05) is 12.8 Å². The second-order valence-electron chi connectivity index (χ2n) is 5.64. The van der Waals surface area contributed by atoms with Crippen molar-refractivity contribution >= 4 is 5.91 Å². The molecule has 2 N–H and O–H groups in total. The number of amides is 1. The zero-order valence-electron chi connectivity index (χ0n) is 11.0. The average Bonchev–Trinajstić information content (AvgIpc) is 2.73. The van der Waals surface area contributed by atoms with E-state index in [0.717, 1.165) is 58.3 Å². The Hall–Kier alpha value is -0.610. The predicted molar refractivity (Wildman–Crippen MR) is 68.6 cm³/mol. The molecule has 1 aliphatic heterocycles. The third-order valence-electron chi connectivity index (χ3n) is 4.41. The van der Waals surface area contributed by atoms with Crippen LogP contribution >= 0.6 is 0 Å². The third-order valence-corrected chi connectivity index (χ3v) is 4.41. The third kappa shape index (κ3) is 2.63. The van der Waals surface area contributed by atoms with Gasteiger partial charge in [0.25, 0.3) is 0 Å². The van der Waals surface area contributed by atoms with Crippen LogP contribution in [0.2, 0.25) is 0 Å². The first-order chi connectivity index (χ1) is 8.18. The lowest BCUT2D eigenvalue weighted by Gasteiger charge is -2.32. The van der Waals surface area contributed by atoms with Crippen molar-refractivity contribution in [2.75, 3.05) is 39.8 Å². The van der Waals surface area contributed by atoms with Crippen LogP contribution in [0.25, 0.3) is 0 Å². The summed E-state index contributed by atoms with van der Waals surface area (Å²) in [4.78, 5) is 17.0. The number of hydrogen-bond acceptors (Lipinski definition) is 3. The highest BCUT2D eigenvalue weighted by atomic mass is 16.2. The molecule has 0 aromatic carbocycles. The molecule has 2 fully saturated rings. The normalized spacial score (nSPS) is 25.9. The first kappa shape index (κ1) is 12.8. The Morgan fingerprint density at radius 2 is 1.82 bits per heavy atom. The van der Waals surface area contributed by atoms with Gasteiger partial charge in [0, 0.05) is 26.2 Å². The van der Waals surface area contributed by atoms with Crippen LogP contribution in [0.5, 0.6) is 0 Å². The summed E-state index contributed by atoms with van der Waals surface area (Å²) < 4.78 is 0. The van der Waals surface area contributed by atoms with Crippen LogP contribution < -0.4 is 5.73 Å². The number of hydrogen-bond donors (Lipinski definition) is 1. The lowest BCUT2D eigenvalue weighted by atomic mass is 9.84. The van der Waals surface area contributed by atoms with Crippen LogP contribution in [-0.4, -0.2) is 55.5 Å². The molecule has 1 heterocycles. The monoisotopic (exact) mass is 239 g/mol. The Morgan fingerprint density at radius 3 is 2.47 bits per heavy atom. The van der Waals surface area contributed by atoms with E-state index >= 15 is 0 Å². The van der Waals surface area contributed by atoms with Crippen molar-refractivity contribution < 1.29 is 4.79 Å². The number of rotatable bonds is 2. The largest absolute Gasteiger partial charge is 0.341 e. The number of likely N-dealkylation sites (N-methyl/N-ethyl adjacent to an activating group) is 1. The zero-order chi connectivity index (χ0) is 12.3. The first-order valence-electron chi connectivity index (χ1n) is 6.86. The Kier molecular flexibility index (Phi) is 4.05. The lowest BCUT2D eigenvalue weighted by molar-refractivity contribution is -0.141. The minimum Gasteiger partial charge on any atom is -0.341 e. The smallest absolute Gasteiger partial charge is 0.230 e. The molecule has 1 saturated carbocycles. The molecule has 98 valence electrons. The molecule has 2 rings (SSSR count). The van der Waals surface area contributed by atoms with E-state index in [1.165, 1.54) is 0 Å². The highest BCUT2D eigenvalue weighted by Crippen LogP contribution is 2.38. The van der Waals surface area contributed by atoms with E-state index in [2.05, 4.69) is 16.8 Å². The highest BCUT2D eigenvalue weighted by Gasteiger charge is 2.42. The van der Waals surface area contributed by atoms with Crippen molar-refractivity contribution in [1.29, 1.82) is 0 Å². The summed E-state index contributed by atoms with van der Waals surface area (Å²) in [6.45, 7) is 4.39. The van der Waals surface area contributed by atoms with Gasteiger partial charge in [-0.05, 0) is 32.9 Å². The van der Waals surface area contributed by atoms with E-state index in [1.807, 2.05) is 0 Å². The van der Waals surface area contributed by atoms with Gasteiger partial charge in [0.1, 0.15) is 0 Å². The Morgan fingerprint density at radius 1 is 1.12 bits per heavy atom. The van der Waals surface area contributed by atoms with Crippen LogP contribution in [0.4, 0.5) is 0 Å². The van der Waals surface area contributed by atoms with Gasteiger partial charge in [0.2, 0.25) is 5.91 Å². The van der Waals surface area contributed by atoms with Crippen LogP contribution in [0.15, 0.2) is 0 Å². The van der Waals surface area contributed by atoms with Crippen molar-refractivity contribution in [3.05, 3.63) is 0 Å². The van der Waals surface area contributed by atoms with E-state index < -0.39 is 0 Å². The summed E-state index contributed by atoms with van der Waals surface area (Å²) >= 11 is 0. The van der Waals surface area contributed by atoms with Gasteiger partial charge in [0.05, 0.1) is 5.41 Å². The van der Waals surface area contributed by atoms with E-state index in [4.69, 9.17) is 5.73 Å². The van der Waals surface area contributed by atoms with Gasteiger partial charge >= 0.3 is 0 Å². The van der Waals surface area contributed by atoms with Gasteiger partial charge in [-0.15, -0.1) is 0 Å². The fraction of sp³-hybridized carbons (Fsp3) is 0.923. The summed E-state index contributed by atoms with van der Waals surface area (Å²) in [5.74, 6) is 0.327. The SMILES string of the molecule is CN1CCCN(C(=O)C2(CN)CCCC2)CC1. The molecule has 1 aliphatic carbocycles. The highest BCUT2D eigenvalue weighted by molar-refractivity contribution is 5.83. The molecular weight excluding hydrogens is 214 g/mol. The van der Waals surface area contributed by atoms with Crippen molar-refractivity contribution in [2.45, 2.75) is 32.1 Å². The molecule has 0 atom stereocenters. The second kappa shape index (κ2) is 5.36. The molecule has 1 saturated heterocycles. The van der Waals surface area contributed by atoms with Gasteiger partial charge < -0.3 is 15.5 Å². The van der Waals surface area contributed by atoms with E-state index in [1.54, 1.807) is 0 Å². The summed E-state index contributed by atoms with van der Waals surface area (Å²) in [5.41, 5.74) is 5.67. The molecule has 17 heavy (non-hydrogen) atoms. The topological polar surface area (TPSA) is 49.6 Å². The van der Waals surface area contributed by atoms with E-state index in [0.29, 0.717) is 12.5 Å². The van der Waals surface area contributed by atoms with Gasteiger partial charge in [0.15, 0.2) is 0 Å². The summed E-state index contributed by atoms with van der Waals surface area (Å²) in [5, 5.41) is 0. The summed E-state index contributed by atoms with van der Waals surface area (Å²) in [6.07, 6.45) is 5.40. The van der Waals surface area contributed by atoms with Gasteiger partial charge in [-0.2, -0.15) is 0 Å². The maximum absolute atomic E-state index is 12.6. The Bertz CT molecular complexity index is 274. The molecule has 4 nitrogen and oxygen atoms in total. The second-order valence-corrected chi connectivity index (χ2v) is 5.64. The fourth-order valence-corrected chi connectivity index (χ4v) is 3.14. The average molecular weight is 239 g/mol. The molecule has 0 spiro atoms. The van der Waals surface area contributed by atoms with Gasteiger partial charge in [-0.25, -0.2) is 0 Å². The molecule has 0 unspecified atom stereocenters. The fourth-order valence-electron chi connectivity index (χ4n) is 3.14. The van der Waals surface area contributed by atoms with E-state index in [-0.39, 0.29) is 5.41 Å². The molecular formula is C13H25N3O. The number of nitrogens with zero attached hydrogens (tertiary/aromatic N) is 2. The molecule has 0 bridgehead atoms. The van der Waals surface area contributed by atoms with Crippen LogP contribution in [0.3, 0.4) is 0 Å². The summed E-state index contributed by atoms with van der Waals surface area (Å²) in [7, 11) is 2.13. The van der Waals surface area contributed by atoms with E-state index in [9.17, 15) is 4.79 Å². The molecule has 0 aromatic rings. The Labute approximate surface area is 104 Å². The Balaban J connectivity index is 2.02. The number of carbonyl (C=O) groups excluding carboxylic acids is 1. The van der Waals surface area contributed by atoms with Gasteiger partial charge in [-0.3, -0.25) is 4.79 Å². The molecule has 0 aromatic heterocycles. The zero-order valence-corrected chi connectivity index (χ0v) is 11.0. The lowest BCUT2D eigenvalue weighted by Crippen LogP contribution is -2.47.